The Labute approximate surface area is 202 Å². The highest BCUT2D eigenvalue weighted by atomic mass is 127. The van der Waals surface area contributed by atoms with Gasteiger partial charge in [0.2, 0.25) is 0 Å². The monoisotopic (exact) mass is 535 g/mol. The molecule has 0 radical (unpaired) electrons. The summed E-state index contributed by atoms with van der Waals surface area (Å²) >= 11 is 0. The first kappa shape index (κ1) is 23.7. The number of nitrogens with zero attached hydrogens (tertiary/aromatic N) is 3. The molecule has 0 aliphatic carbocycles. The lowest BCUT2D eigenvalue weighted by atomic mass is 10.1. The Morgan fingerprint density at radius 1 is 1.06 bits per heavy atom. The van der Waals surface area contributed by atoms with E-state index in [1.165, 1.54) is 30.5 Å². The summed E-state index contributed by atoms with van der Waals surface area (Å²) in [6.07, 6.45) is 10.0. The van der Waals surface area contributed by atoms with Crippen LogP contribution >= 0.6 is 24.0 Å². The summed E-state index contributed by atoms with van der Waals surface area (Å²) in [5.74, 6) is 1.84. The Bertz CT molecular complexity index is 837. The minimum Gasteiger partial charge on any atom is -0.468 e. The predicted octanol–water partition coefficient (Wildman–Crippen LogP) is 4.17. The largest absolute Gasteiger partial charge is 0.468 e. The first-order chi connectivity index (χ1) is 14.8. The SMILES string of the molecule is CN=C(NCc1cccc(N2CC=CC2)c1)NCC(c1ccco1)N1CCCCC1.I. The van der Waals surface area contributed by atoms with Gasteiger partial charge in [-0.25, -0.2) is 0 Å². The number of hydrogen-bond acceptors (Lipinski definition) is 4. The molecule has 0 bridgehead atoms. The normalized spacial score (nSPS) is 18.0. The standard InChI is InChI=1S/C24H33N5O.HI/c1-25-24(26-18-20-9-7-10-21(17-20)28-12-5-6-13-28)27-19-22(23-11-8-16-30-23)29-14-3-2-4-15-29;/h5-11,16-17,22H,2-4,12-15,18-19H2,1H3,(H2,25,26,27);1H. The van der Waals surface area contributed by atoms with Gasteiger partial charge in [-0.3, -0.25) is 9.89 Å². The van der Waals surface area contributed by atoms with Gasteiger partial charge in [0.25, 0.3) is 0 Å². The van der Waals surface area contributed by atoms with Crippen LogP contribution in [-0.2, 0) is 6.54 Å². The molecule has 1 saturated heterocycles. The molecule has 2 aromatic rings. The number of furan rings is 1. The van der Waals surface area contributed by atoms with Crippen molar-refractivity contribution in [2.75, 3.05) is 44.7 Å². The van der Waals surface area contributed by atoms with Gasteiger partial charge in [-0.05, 0) is 55.8 Å². The lowest BCUT2D eigenvalue weighted by Gasteiger charge is -2.33. The molecule has 4 rings (SSSR count). The molecule has 0 spiro atoms. The van der Waals surface area contributed by atoms with Crippen LogP contribution in [0.25, 0.3) is 0 Å². The highest BCUT2D eigenvalue weighted by molar-refractivity contribution is 14.0. The molecule has 31 heavy (non-hydrogen) atoms. The van der Waals surface area contributed by atoms with Crippen molar-refractivity contribution in [2.24, 2.45) is 4.99 Å². The fraction of sp³-hybridized carbons (Fsp3) is 0.458. The van der Waals surface area contributed by atoms with E-state index in [2.05, 4.69) is 67.9 Å². The van der Waals surface area contributed by atoms with Crippen molar-refractivity contribution in [2.45, 2.75) is 31.8 Å². The average Bonchev–Trinajstić information content (AvgIpc) is 3.52. The second kappa shape index (κ2) is 12.1. The molecule has 168 valence electrons. The van der Waals surface area contributed by atoms with Gasteiger partial charge in [-0.15, -0.1) is 24.0 Å². The Kier molecular flexibility index (Phi) is 9.27. The zero-order valence-electron chi connectivity index (χ0n) is 18.3. The van der Waals surface area contributed by atoms with Gasteiger partial charge < -0.3 is 20.0 Å². The molecule has 0 saturated carbocycles. The van der Waals surface area contributed by atoms with Crippen LogP contribution in [0.3, 0.4) is 0 Å². The van der Waals surface area contributed by atoms with E-state index in [0.29, 0.717) is 0 Å². The number of likely N-dealkylation sites (tertiary alicyclic amines) is 1. The average molecular weight is 535 g/mol. The van der Waals surface area contributed by atoms with Crippen LogP contribution in [0.4, 0.5) is 5.69 Å². The number of aliphatic imine (C=N–C) groups is 1. The van der Waals surface area contributed by atoms with Crippen LogP contribution in [0, 0.1) is 0 Å². The van der Waals surface area contributed by atoms with Crippen LogP contribution in [0.15, 0.2) is 64.2 Å². The van der Waals surface area contributed by atoms with Crippen LogP contribution in [0.1, 0.15) is 36.6 Å². The lowest BCUT2D eigenvalue weighted by Crippen LogP contribution is -2.44. The molecular weight excluding hydrogens is 501 g/mol. The van der Waals surface area contributed by atoms with Crippen molar-refractivity contribution in [1.82, 2.24) is 15.5 Å². The molecule has 7 heteroatoms. The molecule has 1 unspecified atom stereocenters. The van der Waals surface area contributed by atoms with Crippen molar-refractivity contribution in [1.29, 1.82) is 0 Å². The summed E-state index contributed by atoms with van der Waals surface area (Å²) in [5, 5.41) is 6.97. The Morgan fingerprint density at radius 2 is 1.87 bits per heavy atom. The second-order valence-electron chi connectivity index (χ2n) is 7.98. The van der Waals surface area contributed by atoms with Crippen molar-refractivity contribution in [3.63, 3.8) is 0 Å². The van der Waals surface area contributed by atoms with E-state index in [1.807, 2.05) is 13.1 Å². The van der Waals surface area contributed by atoms with E-state index in [4.69, 9.17) is 4.42 Å². The maximum Gasteiger partial charge on any atom is 0.191 e. The molecule has 0 amide bonds. The van der Waals surface area contributed by atoms with Crippen molar-refractivity contribution >= 4 is 35.6 Å². The van der Waals surface area contributed by atoms with Gasteiger partial charge >= 0.3 is 0 Å². The van der Waals surface area contributed by atoms with Gasteiger partial charge in [0.05, 0.1) is 12.3 Å². The fourth-order valence-electron chi connectivity index (χ4n) is 4.27. The van der Waals surface area contributed by atoms with E-state index in [9.17, 15) is 0 Å². The lowest BCUT2D eigenvalue weighted by molar-refractivity contribution is 0.146. The highest BCUT2D eigenvalue weighted by Gasteiger charge is 2.24. The van der Waals surface area contributed by atoms with Crippen LogP contribution in [-0.4, -0.2) is 50.6 Å². The summed E-state index contributed by atoms with van der Waals surface area (Å²) in [6.45, 7) is 5.74. The first-order valence-corrected chi connectivity index (χ1v) is 11.0. The molecule has 1 fully saturated rings. The zero-order valence-corrected chi connectivity index (χ0v) is 20.6. The van der Waals surface area contributed by atoms with Gasteiger partial charge in [0.15, 0.2) is 5.96 Å². The maximum absolute atomic E-state index is 5.75. The third kappa shape index (κ3) is 6.49. The minimum atomic E-state index is 0. The molecule has 6 nitrogen and oxygen atoms in total. The number of guanidine groups is 1. The number of halogens is 1. The van der Waals surface area contributed by atoms with Gasteiger partial charge in [-0.2, -0.15) is 0 Å². The topological polar surface area (TPSA) is 56.0 Å². The quantitative estimate of drug-likeness (QED) is 0.241. The second-order valence-corrected chi connectivity index (χ2v) is 7.98. The van der Waals surface area contributed by atoms with E-state index >= 15 is 0 Å². The molecule has 1 aromatic heterocycles. The fourth-order valence-corrected chi connectivity index (χ4v) is 4.27. The van der Waals surface area contributed by atoms with Gasteiger partial charge in [0.1, 0.15) is 5.76 Å². The molecule has 2 aliphatic heterocycles. The Morgan fingerprint density at radius 3 is 2.58 bits per heavy atom. The molecule has 3 heterocycles. The smallest absolute Gasteiger partial charge is 0.191 e. The maximum atomic E-state index is 5.75. The Balaban J connectivity index is 0.00000272. The molecular formula is C24H34IN5O. The summed E-state index contributed by atoms with van der Waals surface area (Å²) in [4.78, 5) is 9.31. The van der Waals surface area contributed by atoms with E-state index in [1.54, 1.807) is 6.26 Å². The number of rotatable bonds is 7. The van der Waals surface area contributed by atoms with Gasteiger partial charge in [0, 0.05) is 38.9 Å². The minimum absolute atomic E-state index is 0. The van der Waals surface area contributed by atoms with Crippen molar-refractivity contribution in [3.05, 3.63) is 66.1 Å². The zero-order chi connectivity index (χ0) is 20.6. The Hall–Kier alpha value is -2.00. The third-order valence-corrected chi connectivity index (χ3v) is 5.94. The summed E-state index contributed by atoms with van der Waals surface area (Å²) < 4.78 is 5.75. The molecule has 1 aromatic carbocycles. The van der Waals surface area contributed by atoms with E-state index in [0.717, 1.165) is 51.0 Å². The van der Waals surface area contributed by atoms with Crippen LogP contribution in [0.2, 0.25) is 0 Å². The predicted molar refractivity (Wildman–Crippen MR) is 138 cm³/mol. The summed E-state index contributed by atoms with van der Waals surface area (Å²) in [7, 11) is 1.82. The van der Waals surface area contributed by atoms with Crippen LogP contribution in [0.5, 0.6) is 0 Å². The number of piperidine rings is 1. The third-order valence-electron chi connectivity index (χ3n) is 5.94. The number of hydrogen-bond donors (Lipinski definition) is 2. The number of nitrogens with one attached hydrogen (secondary N) is 2. The summed E-state index contributed by atoms with van der Waals surface area (Å²) in [5.41, 5.74) is 2.52. The number of anilines is 1. The highest BCUT2D eigenvalue weighted by Crippen LogP contribution is 2.24. The molecule has 1 atom stereocenters. The van der Waals surface area contributed by atoms with E-state index in [-0.39, 0.29) is 30.0 Å². The van der Waals surface area contributed by atoms with Gasteiger partial charge in [-0.1, -0.05) is 30.7 Å². The molecule has 2 aliphatic rings. The van der Waals surface area contributed by atoms with Crippen molar-refractivity contribution in [3.8, 4) is 0 Å². The van der Waals surface area contributed by atoms with E-state index < -0.39 is 0 Å². The number of benzene rings is 1. The molecule has 2 N–H and O–H groups in total. The summed E-state index contributed by atoms with van der Waals surface area (Å²) in [6, 6.07) is 13.0. The first-order valence-electron chi connectivity index (χ1n) is 11.0. The van der Waals surface area contributed by atoms with Crippen LogP contribution < -0.4 is 15.5 Å². The van der Waals surface area contributed by atoms with Crippen molar-refractivity contribution < 1.29 is 4.42 Å².